The molecular formula is C29H29F2N3O5S2. The van der Waals surface area contributed by atoms with Crippen molar-refractivity contribution in [3.05, 3.63) is 89.0 Å². The molecule has 3 aromatic carbocycles. The number of amides is 1. The number of sulfonamides is 1. The van der Waals surface area contributed by atoms with Gasteiger partial charge in [0.15, 0.2) is 0 Å². The zero-order valence-corrected chi connectivity index (χ0v) is 24.1. The van der Waals surface area contributed by atoms with Gasteiger partial charge >= 0.3 is 0 Å². The summed E-state index contributed by atoms with van der Waals surface area (Å²) in [7, 11) is -0.581. The SMILES string of the molecule is CNC(=O)c1c(-c2ccc(F)cc2)oc2cc(N(C)SO)c([C@H]3CCCN(S(=O)(=O)Cc4cccc(F)c4)C3)cc12. The molecule has 41 heavy (non-hydrogen) atoms. The minimum atomic E-state index is -3.75. The van der Waals surface area contributed by atoms with Crippen LogP contribution >= 0.6 is 12.2 Å². The van der Waals surface area contributed by atoms with Crippen LogP contribution in [0.5, 0.6) is 0 Å². The van der Waals surface area contributed by atoms with Crippen LogP contribution in [0, 0.1) is 11.6 Å². The number of halogens is 2. The highest BCUT2D eigenvalue weighted by Gasteiger charge is 2.33. The maximum Gasteiger partial charge on any atom is 0.255 e. The van der Waals surface area contributed by atoms with E-state index in [1.54, 1.807) is 19.2 Å². The van der Waals surface area contributed by atoms with Crippen LogP contribution in [0.1, 0.15) is 40.2 Å². The van der Waals surface area contributed by atoms with Crippen molar-refractivity contribution in [3.63, 3.8) is 0 Å². The Hall–Kier alpha value is -3.45. The zero-order chi connectivity index (χ0) is 29.3. The first-order valence-corrected chi connectivity index (χ1v) is 15.3. The summed E-state index contributed by atoms with van der Waals surface area (Å²) in [6, 6.07) is 14.7. The number of carbonyl (C=O) groups is 1. The predicted octanol–water partition coefficient (Wildman–Crippen LogP) is 6.00. The van der Waals surface area contributed by atoms with Crippen LogP contribution in [0.3, 0.4) is 0 Å². The number of fused-ring (bicyclic) bond motifs is 1. The topological polar surface area (TPSA) is 103 Å². The highest BCUT2D eigenvalue weighted by atomic mass is 32.2. The lowest BCUT2D eigenvalue weighted by Gasteiger charge is -2.34. The van der Waals surface area contributed by atoms with E-state index in [4.69, 9.17) is 4.42 Å². The van der Waals surface area contributed by atoms with Crippen molar-refractivity contribution in [2.75, 3.05) is 31.5 Å². The number of nitrogens with one attached hydrogen (secondary N) is 1. The van der Waals surface area contributed by atoms with Crippen molar-refractivity contribution in [3.8, 4) is 11.3 Å². The van der Waals surface area contributed by atoms with Crippen molar-refractivity contribution < 1.29 is 31.0 Å². The van der Waals surface area contributed by atoms with Gasteiger partial charge in [0.05, 0.1) is 17.0 Å². The molecule has 0 bridgehead atoms. The number of hydrogen-bond acceptors (Lipinski definition) is 7. The maximum atomic E-state index is 13.7. The lowest BCUT2D eigenvalue weighted by molar-refractivity contribution is 0.0964. The molecule has 12 heteroatoms. The van der Waals surface area contributed by atoms with E-state index in [0.29, 0.717) is 59.4 Å². The lowest BCUT2D eigenvalue weighted by Crippen LogP contribution is -2.40. The summed E-state index contributed by atoms with van der Waals surface area (Å²) in [4.78, 5) is 13.1. The largest absolute Gasteiger partial charge is 0.455 e. The van der Waals surface area contributed by atoms with E-state index in [9.17, 15) is 26.5 Å². The third-order valence-corrected chi connectivity index (χ3v) is 9.57. The van der Waals surface area contributed by atoms with Gasteiger partial charge in [-0.3, -0.25) is 9.10 Å². The maximum absolute atomic E-state index is 13.7. The van der Waals surface area contributed by atoms with Gasteiger partial charge in [0.25, 0.3) is 5.91 Å². The van der Waals surface area contributed by atoms with Gasteiger partial charge in [0.1, 0.15) is 35.2 Å². The molecule has 1 aromatic heterocycles. The molecule has 1 fully saturated rings. The molecule has 216 valence electrons. The molecule has 1 amide bonds. The van der Waals surface area contributed by atoms with Crippen molar-refractivity contribution in [2.24, 2.45) is 0 Å². The smallest absolute Gasteiger partial charge is 0.255 e. The summed E-state index contributed by atoms with van der Waals surface area (Å²) in [5, 5.41) is 3.15. The molecule has 4 aromatic rings. The Labute approximate surface area is 241 Å². The summed E-state index contributed by atoms with van der Waals surface area (Å²) >= 11 is 0.497. The summed E-state index contributed by atoms with van der Waals surface area (Å²) in [6.45, 7) is 0.512. The van der Waals surface area contributed by atoms with E-state index in [1.807, 2.05) is 6.07 Å². The van der Waals surface area contributed by atoms with E-state index >= 15 is 0 Å². The highest BCUT2D eigenvalue weighted by Crippen LogP contribution is 2.42. The van der Waals surface area contributed by atoms with Gasteiger partial charge in [-0.2, -0.15) is 0 Å². The normalized spacial score (nSPS) is 16.2. The van der Waals surface area contributed by atoms with Crippen LogP contribution in [0.25, 0.3) is 22.3 Å². The first-order chi connectivity index (χ1) is 19.6. The third kappa shape index (κ3) is 5.96. The molecule has 8 nitrogen and oxygen atoms in total. The molecule has 5 rings (SSSR count). The molecule has 1 aliphatic heterocycles. The summed E-state index contributed by atoms with van der Waals surface area (Å²) in [6.07, 6.45) is 1.27. The molecule has 0 unspecified atom stereocenters. The summed E-state index contributed by atoms with van der Waals surface area (Å²) in [5.41, 5.74) is 2.88. The molecule has 1 atom stereocenters. The predicted molar refractivity (Wildman–Crippen MR) is 156 cm³/mol. The number of carbonyl (C=O) groups excluding carboxylic acids is 1. The Morgan fingerprint density at radius 2 is 1.90 bits per heavy atom. The van der Waals surface area contributed by atoms with Gasteiger partial charge in [-0.05, 0) is 72.4 Å². The van der Waals surface area contributed by atoms with Crippen LogP contribution in [0.4, 0.5) is 14.5 Å². The Morgan fingerprint density at radius 3 is 2.59 bits per heavy atom. The first kappa shape index (κ1) is 29.1. The summed E-state index contributed by atoms with van der Waals surface area (Å²) in [5.74, 6) is -1.63. The van der Waals surface area contributed by atoms with Gasteiger partial charge < -0.3 is 14.3 Å². The summed E-state index contributed by atoms with van der Waals surface area (Å²) < 4.78 is 73.0. The molecule has 0 spiro atoms. The van der Waals surface area contributed by atoms with Crippen molar-refractivity contribution in [1.29, 1.82) is 0 Å². The van der Waals surface area contributed by atoms with Crippen LogP contribution in [-0.2, 0) is 15.8 Å². The standard InChI is InChI=1S/C29H29F2N3O5S2/c1-32-29(35)27-24-14-23(20-6-4-12-34(16-20)41(37,38)17-18-5-3-7-22(31)13-18)25(33(2)40-36)15-26(24)39-28(27)19-8-10-21(30)11-9-19/h3,5,7-11,13-15,20,36H,4,6,12,16-17H2,1-2H3,(H,32,35)/t20-/m0/s1. The lowest BCUT2D eigenvalue weighted by atomic mass is 9.89. The molecule has 1 saturated heterocycles. The molecule has 2 N–H and O–H groups in total. The Balaban J connectivity index is 1.58. The number of rotatable bonds is 8. The van der Waals surface area contributed by atoms with Crippen LogP contribution in [0.15, 0.2) is 65.1 Å². The molecule has 1 aliphatic rings. The molecule has 0 radical (unpaired) electrons. The van der Waals surface area contributed by atoms with Gasteiger partial charge in [-0.1, -0.05) is 12.1 Å². The number of hydrogen-bond donors (Lipinski definition) is 2. The molecule has 0 aliphatic carbocycles. The minimum Gasteiger partial charge on any atom is -0.455 e. The fourth-order valence-corrected chi connectivity index (χ4v) is 7.17. The molecule has 0 saturated carbocycles. The second kappa shape index (κ2) is 11.8. The monoisotopic (exact) mass is 601 g/mol. The Kier molecular flexibility index (Phi) is 8.37. The van der Waals surface area contributed by atoms with Crippen LogP contribution in [-0.4, -0.2) is 50.4 Å². The second-order valence-electron chi connectivity index (χ2n) is 9.96. The van der Waals surface area contributed by atoms with Crippen molar-refractivity contribution >= 4 is 44.8 Å². The van der Waals surface area contributed by atoms with E-state index < -0.39 is 27.6 Å². The van der Waals surface area contributed by atoms with E-state index in [2.05, 4.69) is 5.32 Å². The van der Waals surface area contributed by atoms with Gasteiger partial charge in [-0.15, -0.1) is 0 Å². The molecular weight excluding hydrogens is 572 g/mol. The van der Waals surface area contributed by atoms with Gasteiger partial charge in [-0.25, -0.2) is 21.5 Å². The average Bonchev–Trinajstić information content (AvgIpc) is 3.34. The second-order valence-corrected chi connectivity index (χ2v) is 12.6. The van der Waals surface area contributed by atoms with E-state index in [0.717, 1.165) is 5.56 Å². The quantitative estimate of drug-likeness (QED) is 0.189. The van der Waals surface area contributed by atoms with Crippen LogP contribution < -0.4 is 9.62 Å². The zero-order valence-electron chi connectivity index (χ0n) is 22.4. The number of anilines is 1. The van der Waals surface area contributed by atoms with Crippen molar-refractivity contribution in [1.82, 2.24) is 9.62 Å². The third-order valence-electron chi connectivity index (χ3n) is 7.31. The van der Waals surface area contributed by atoms with Gasteiger partial charge in [0.2, 0.25) is 10.0 Å². The van der Waals surface area contributed by atoms with Gasteiger partial charge in [0, 0.05) is 44.2 Å². The Morgan fingerprint density at radius 1 is 1.15 bits per heavy atom. The van der Waals surface area contributed by atoms with E-state index in [-0.39, 0.29) is 29.5 Å². The minimum absolute atomic E-state index is 0.179. The number of furan rings is 1. The fraction of sp³-hybridized carbons (Fsp3) is 0.276. The average molecular weight is 602 g/mol. The highest BCUT2D eigenvalue weighted by molar-refractivity contribution is 7.95. The Bertz CT molecular complexity index is 1690. The van der Waals surface area contributed by atoms with E-state index in [1.165, 1.54) is 58.1 Å². The first-order valence-electron chi connectivity index (χ1n) is 13.0. The van der Waals surface area contributed by atoms with Crippen LogP contribution in [0.2, 0.25) is 0 Å². The fourth-order valence-electron chi connectivity index (χ4n) is 5.33. The number of benzene rings is 3. The van der Waals surface area contributed by atoms with Crippen molar-refractivity contribution in [2.45, 2.75) is 24.5 Å². The number of piperidine rings is 1. The molecule has 2 heterocycles. The number of nitrogens with zero attached hydrogens (tertiary/aromatic N) is 2.